The molecule has 0 saturated carbocycles. The molecule has 0 unspecified atom stereocenters. The molecule has 61 heavy (non-hydrogen) atoms. The Labute approximate surface area is 370 Å². The third-order valence-corrected chi connectivity index (χ3v) is 12.4. The van der Waals surface area contributed by atoms with Gasteiger partial charge in [-0.1, -0.05) is 78.4 Å². The van der Waals surface area contributed by atoms with E-state index in [4.69, 9.17) is 21.1 Å². The lowest BCUT2D eigenvalue weighted by Crippen LogP contribution is -2.32. The Kier molecular flexibility index (Phi) is 12.9. The number of nitrogens with one attached hydrogen (secondary N) is 3. The highest BCUT2D eigenvalue weighted by atomic mass is 35.5. The van der Waals surface area contributed by atoms with Crippen LogP contribution in [0.3, 0.4) is 0 Å². The van der Waals surface area contributed by atoms with Crippen molar-refractivity contribution in [1.29, 1.82) is 0 Å². The summed E-state index contributed by atoms with van der Waals surface area (Å²) >= 11 is 8.23. The second-order valence-corrected chi connectivity index (χ2v) is 18.3. The van der Waals surface area contributed by atoms with E-state index in [2.05, 4.69) is 136 Å². The first kappa shape index (κ1) is 43.5. The second kappa shape index (κ2) is 18.2. The third-order valence-electron chi connectivity index (χ3n) is 11.1. The van der Waals surface area contributed by atoms with Gasteiger partial charge < -0.3 is 25.4 Å². The summed E-state index contributed by atoms with van der Waals surface area (Å²) in [5.74, 6) is 2.30. The molecule has 0 aromatic heterocycles. The van der Waals surface area contributed by atoms with E-state index >= 15 is 0 Å². The molecule has 8 rings (SSSR count). The molecule has 0 aliphatic carbocycles. The molecule has 0 atom stereocenters. The fourth-order valence-corrected chi connectivity index (χ4v) is 9.77. The van der Waals surface area contributed by atoms with Crippen LogP contribution in [-0.2, 0) is 12.3 Å². The summed E-state index contributed by atoms with van der Waals surface area (Å²) in [7, 11) is 3.40. The number of thioether (sulfide) groups is 1. The number of hydrogen-bond donors (Lipinski definition) is 3. The fraction of sp³-hybridized carbons (Fsp3) is 0.245. The Bertz CT molecular complexity index is 2640. The number of rotatable bonds is 10. The third kappa shape index (κ3) is 9.80. The quantitative estimate of drug-likeness (QED) is 0.119. The summed E-state index contributed by atoms with van der Waals surface area (Å²) in [5.41, 5.74) is 15.6. The fourth-order valence-electron chi connectivity index (χ4n) is 8.63. The molecule has 0 radical (unpaired) electrons. The summed E-state index contributed by atoms with van der Waals surface area (Å²) in [6, 6.07) is 38.0. The van der Waals surface area contributed by atoms with Crippen LogP contribution in [0.1, 0.15) is 69.4 Å². The maximum atomic E-state index is 13.9. The molecule has 3 N–H and O–H groups in total. The molecule has 0 bridgehead atoms. The summed E-state index contributed by atoms with van der Waals surface area (Å²) < 4.78 is 25.2. The molecule has 6 aromatic carbocycles. The van der Waals surface area contributed by atoms with E-state index in [0.29, 0.717) is 11.6 Å². The lowest BCUT2D eigenvalue weighted by atomic mass is 9.85. The molecule has 8 heteroatoms. The van der Waals surface area contributed by atoms with Crippen molar-refractivity contribution < 1.29 is 13.9 Å². The number of halogens is 2. The van der Waals surface area contributed by atoms with Crippen molar-refractivity contribution in [1.82, 2.24) is 0 Å². The normalized spacial score (nSPS) is 14.4. The van der Waals surface area contributed by atoms with Gasteiger partial charge in [0.2, 0.25) is 0 Å². The van der Waals surface area contributed by atoms with Crippen LogP contribution in [0.5, 0.6) is 11.5 Å². The summed E-state index contributed by atoms with van der Waals surface area (Å²) in [4.78, 5) is 1.28. The van der Waals surface area contributed by atoms with E-state index in [1.54, 1.807) is 20.3 Å². The average Bonchev–Trinajstić information content (AvgIpc) is 3.22. The number of methoxy groups -OCH3 is 2. The van der Waals surface area contributed by atoms with Crippen LogP contribution in [0.2, 0.25) is 5.02 Å². The molecular formula is C53H55ClFN3O2S. The average molecular weight is 853 g/mol. The summed E-state index contributed by atoms with van der Waals surface area (Å²) in [6.45, 7) is 15.6. The van der Waals surface area contributed by atoms with Crippen molar-refractivity contribution >= 4 is 51.6 Å². The van der Waals surface area contributed by atoms with E-state index in [1.807, 2.05) is 49.0 Å². The molecular weight excluding hydrogens is 797 g/mol. The Balaban J connectivity index is 0.000000185. The summed E-state index contributed by atoms with van der Waals surface area (Å²) in [5, 5.41) is 11.4. The Morgan fingerprint density at radius 3 is 1.84 bits per heavy atom. The van der Waals surface area contributed by atoms with E-state index in [-0.39, 0.29) is 16.9 Å². The van der Waals surface area contributed by atoms with Crippen LogP contribution in [0.15, 0.2) is 132 Å². The maximum Gasteiger partial charge on any atom is 0.126 e. The maximum absolute atomic E-state index is 13.9. The van der Waals surface area contributed by atoms with Gasteiger partial charge in [0.05, 0.1) is 25.3 Å². The van der Waals surface area contributed by atoms with Crippen LogP contribution < -0.4 is 25.4 Å². The van der Waals surface area contributed by atoms with Crippen molar-refractivity contribution in [3.63, 3.8) is 0 Å². The smallest absolute Gasteiger partial charge is 0.126 e. The number of hydrogen-bond acceptors (Lipinski definition) is 6. The summed E-state index contributed by atoms with van der Waals surface area (Å²) in [6.07, 6.45) is 4.57. The first-order chi connectivity index (χ1) is 29.2. The zero-order valence-corrected chi connectivity index (χ0v) is 38.1. The lowest BCUT2D eigenvalue weighted by molar-refractivity contribution is 0.416. The number of allylic oxidation sites excluding steroid dienone is 2. The second-order valence-electron chi connectivity index (χ2n) is 16.8. The van der Waals surface area contributed by atoms with E-state index < -0.39 is 0 Å². The Morgan fingerprint density at radius 1 is 0.623 bits per heavy atom. The SMILES string of the molecule is COc1ccc(Cl)cc1-c1ccc2c(c1CNc1cc(F)ccc1C)C(C)=CC(C)(C)N2.COc1ccccc1-c1ccc2c(c1CSc1ccccc1)C(C)=CC(C)(C)N2. The monoisotopic (exact) mass is 851 g/mol. The molecule has 314 valence electrons. The van der Waals surface area contributed by atoms with E-state index in [1.165, 1.54) is 50.6 Å². The molecule has 0 saturated heterocycles. The molecule has 2 heterocycles. The molecule has 0 fully saturated rings. The van der Waals surface area contributed by atoms with Gasteiger partial charge in [0, 0.05) is 61.5 Å². The standard InChI is InChI=1S/C27H28ClFN2O.C26H27NOS/c1-16-6-8-19(29)13-24(16)30-15-22-20(21-12-18(28)7-11-25(21)32-5)9-10-23-26(22)17(2)14-27(3,4)31-23;1-18-16-26(2,3)27-23-15-14-20(21-12-8-9-13-24(21)28-4)22(25(18)23)17-29-19-10-6-5-7-11-19/h6-14,30-31H,15H2,1-5H3;5-16,27H,17H2,1-4H3. The van der Waals surface area contributed by atoms with Crippen molar-refractivity contribution in [3.8, 4) is 33.8 Å². The van der Waals surface area contributed by atoms with Crippen molar-refractivity contribution in [2.24, 2.45) is 0 Å². The van der Waals surface area contributed by atoms with Crippen LogP contribution in [0.25, 0.3) is 33.4 Å². The molecule has 0 amide bonds. The van der Waals surface area contributed by atoms with Crippen LogP contribution in [0, 0.1) is 12.7 Å². The van der Waals surface area contributed by atoms with Crippen molar-refractivity contribution in [2.45, 2.75) is 76.7 Å². The van der Waals surface area contributed by atoms with Crippen molar-refractivity contribution in [2.75, 3.05) is 30.2 Å². The van der Waals surface area contributed by atoms with Gasteiger partial charge in [-0.05, 0) is 148 Å². The number of fused-ring (bicyclic) bond motifs is 2. The van der Waals surface area contributed by atoms with Gasteiger partial charge in [0.15, 0.2) is 0 Å². The van der Waals surface area contributed by atoms with Gasteiger partial charge >= 0.3 is 0 Å². The highest BCUT2D eigenvalue weighted by Gasteiger charge is 2.28. The molecule has 2 aliphatic heterocycles. The number of ether oxygens (including phenoxy) is 2. The lowest BCUT2D eigenvalue weighted by Gasteiger charge is -2.33. The number of para-hydroxylation sites is 1. The predicted molar refractivity (Wildman–Crippen MR) is 259 cm³/mol. The van der Waals surface area contributed by atoms with E-state index in [9.17, 15) is 4.39 Å². The highest BCUT2D eigenvalue weighted by molar-refractivity contribution is 7.98. The van der Waals surface area contributed by atoms with Crippen molar-refractivity contribution in [3.05, 3.63) is 166 Å². The van der Waals surface area contributed by atoms with Gasteiger partial charge in [-0.3, -0.25) is 0 Å². The topological polar surface area (TPSA) is 54.5 Å². The van der Waals surface area contributed by atoms with Gasteiger partial charge in [-0.2, -0.15) is 0 Å². The first-order valence-electron chi connectivity index (χ1n) is 20.6. The molecule has 6 aromatic rings. The van der Waals surface area contributed by atoms with Gasteiger partial charge in [-0.25, -0.2) is 4.39 Å². The zero-order valence-electron chi connectivity index (χ0n) is 36.5. The van der Waals surface area contributed by atoms with Crippen LogP contribution >= 0.6 is 23.4 Å². The Hall–Kier alpha value is -5.63. The number of benzene rings is 6. The van der Waals surface area contributed by atoms with Crippen LogP contribution in [0.4, 0.5) is 21.5 Å². The number of aryl methyl sites for hydroxylation is 1. The predicted octanol–water partition coefficient (Wildman–Crippen LogP) is 14.9. The minimum absolute atomic E-state index is 0.0487. The first-order valence-corrected chi connectivity index (χ1v) is 22.0. The molecule has 5 nitrogen and oxygen atoms in total. The van der Waals surface area contributed by atoms with Gasteiger partial charge in [-0.15, -0.1) is 11.8 Å². The minimum atomic E-state index is -0.260. The zero-order chi connectivity index (χ0) is 43.5. The number of anilines is 3. The van der Waals surface area contributed by atoms with Gasteiger partial charge in [0.1, 0.15) is 17.3 Å². The molecule has 2 aliphatic rings. The highest BCUT2D eigenvalue weighted by Crippen LogP contribution is 2.45. The Morgan fingerprint density at radius 2 is 1.20 bits per heavy atom. The molecule has 0 spiro atoms. The van der Waals surface area contributed by atoms with E-state index in [0.717, 1.165) is 62.0 Å². The minimum Gasteiger partial charge on any atom is -0.496 e. The largest absolute Gasteiger partial charge is 0.496 e. The van der Waals surface area contributed by atoms with Crippen LogP contribution in [-0.4, -0.2) is 25.3 Å². The van der Waals surface area contributed by atoms with Gasteiger partial charge in [0.25, 0.3) is 0 Å².